The maximum absolute atomic E-state index is 13.3. The first kappa shape index (κ1) is 16.4. The number of hydrogen-bond acceptors (Lipinski definition) is 4. The van der Waals surface area contributed by atoms with Gasteiger partial charge in [-0.1, -0.05) is 0 Å². The lowest BCUT2D eigenvalue weighted by molar-refractivity contribution is -0.126. The van der Waals surface area contributed by atoms with E-state index < -0.39 is 0 Å². The van der Waals surface area contributed by atoms with Crippen LogP contribution in [-0.2, 0) is 24.2 Å². The van der Waals surface area contributed by atoms with Gasteiger partial charge in [0.1, 0.15) is 23.2 Å². The van der Waals surface area contributed by atoms with Gasteiger partial charge in [0.15, 0.2) is 0 Å². The highest BCUT2D eigenvalue weighted by molar-refractivity contribution is 5.78. The van der Waals surface area contributed by atoms with Gasteiger partial charge in [-0.3, -0.25) is 4.79 Å². The molecular weight excluding hydrogens is 311 g/mol. The lowest BCUT2D eigenvalue weighted by Crippen LogP contribution is -2.37. The first-order valence-corrected chi connectivity index (χ1v) is 8.07. The third-order valence-corrected chi connectivity index (χ3v) is 4.27. The van der Waals surface area contributed by atoms with E-state index in [0.29, 0.717) is 25.3 Å². The van der Waals surface area contributed by atoms with Crippen molar-refractivity contribution in [2.75, 3.05) is 13.7 Å². The van der Waals surface area contributed by atoms with Gasteiger partial charge in [0, 0.05) is 13.0 Å². The largest absolute Gasteiger partial charge is 0.496 e. The SMILES string of the molecule is COc1ccc(F)cc1CCNC(=O)C1CCc2nc(C)nn2C1. The molecule has 7 heteroatoms. The third-order valence-electron chi connectivity index (χ3n) is 4.27. The highest BCUT2D eigenvalue weighted by atomic mass is 19.1. The molecule has 0 saturated carbocycles. The van der Waals surface area contributed by atoms with Crippen LogP contribution in [0.25, 0.3) is 0 Å². The molecule has 1 aromatic carbocycles. The summed E-state index contributed by atoms with van der Waals surface area (Å²) in [6.45, 7) is 2.86. The summed E-state index contributed by atoms with van der Waals surface area (Å²) < 4.78 is 20.4. The highest BCUT2D eigenvalue weighted by Gasteiger charge is 2.26. The van der Waals surface area contributed by atoms with Gasteiger partial charge in [-0.2, -0.15) is 5.10 Å². The van der Waals surface area contributed by atoms with Crippen LogP contribution in [0, 0.1) is 18.7 Å². The summed E-state index contributed by atoms with van der Waals surface area (Å²) in [6.07, 6.45) is 2.05. The number of fused-ring (bicyclic) bond motifs is 1. The molecule has 0 bridgehead atoms. The Balaban J connectivity index is 1.54. The number of methoxy groups -OCH3 is 1. The number of carbonyl (C=O) groups excluding carboxylic acids is 1. The van der Waals surface area contributed by atoms with Crippen molar-refractivity contribution in [1.29, 1.82) is 0 Å². The number of ether oxygens (including phenoxy) is 1. The number of amides is 1. The summed E-state index contributed by atoms with van der Waals surface area (Å²) in [6, 6.07) is 4.40. The predicted octanol–water partition coefficient (Wildman–Crippen LogP) is 1.66. The van der Waals surface area contributed by atoms with E-state index in [1.807, 2.05) is 11.6 Å². The van der Waals surface area contributed by atoms with E-state index in [-0.39, 0.29) is 17.6 Å². The van der Waals surface area contributed by atoms with Gasteiger partial charge in [0.2, 0.25) is 5.91 Å². The summed E-state index contributed by atoms with van der Waals surface area (Å²) in [4.78, 5) is 16.7. The molecule has 6 nitrogen and oxygen atoms in total. The number of aryl methyl sites for hydroxylation is 2. The number of nitrogens with zero attached hydrogens (tertiary/aromatic N) is 3. The molecule has 1 aliphatic heterocycles. The average molecular weight is 332 g/mol. The zero-order valence-corrected chi connectivity index (χ0v) is 13.9. The normalized spacial score (nSPS) is 16.5. The predicted molar refractivity (Wildman–Crippen MR) is 86.2 cm³/mol. The smallest absolute Gasteiger partial charge is 0.225 e. The molecule has 0 saturated heterocycles. The van der Waals surface area contributed by atoms with Crippen LogP contribution < -0.4 is 10.1 Å². The molecular formula is C17H21FN4O2. The van der Waals surface area contributed by atoms with Gasteiger partial charge in [0.05, 0.1) is 19.6 Å². The van der Waals surface area contributed by atoms with Crippen molar-refractivity contribution in [1.82, 2.24) is 20.1 Å². The summed E-state index contributed by atoms with van der Waals surface area (Å²) in [5, 5.41) is 7.24. The van der Waals surface area contributed by atoms with Crippen LogP contribution in [0.2, 0.25) is 0 Å². The number of aromatic nitrogens is 3. The van der Waals surface area contributed by atoms with E-state index in [2.05, 4.69) is 15.4 Å². The molecule has 1 aliphatic rings. The number of benzene rings is 1. The molecule has 3 rings (SSSR count). The molecule has 0 aliphatic carbocycles. The van der Waals surface area contributed by atoms with Gasteiger partial charge >= 0.3 is 0 Å². The van der Waals surface area contributed by atoms with Crippen LogP contribution in [0.3, 0.4) is 0 Å². The van der Waals surface area contributed by atoms with Gasteiger partial charge in [-0.05, 0) is 43.5 Å². The van der Waals surface area contributed by atoms with E-state index >= 15 is 0 Å². The Kier molecular flexibility index (Phi) is 4.78. The minimum absolute atomic E-state index is 0.00386. The Bertz CT molecular complexity index is 744. The van der Waals surface area contributed by atoms with Crippen molar-refractivity contribution in [2.24, 2.45) is 5.92 Å². The fourth-order valence-corrected chi connectivity index (χ4v) is 3.06. The molecule has 0 spiro atoms. The Morgan fingerprint density at radius 3 is 3.12 bits per heavy atom. The maximum Gasteiger partial charge on any atom is 0.225 e. The molecule has 1 atom stereocenters. The highest BCUT2D eigenvalue weighted by Crippen LogP contribution is 2.20. The molecule has 2 heterocycles. The summed E-state index contributed by atoms with van der Waals surface area (Å²) in [5.41, 5.74) is 0.746. The number of halogens is 1. The molecule has 2 aromatic rings. The van der Waals surface area contributed by atoms with Crippen LogP contribution in [0.4, 0.5) is 4.39 Å². The first-order chi connectivity index (χ1) is 11.6. The van der Waals surface area contributed by atoms with E-state index in [0.717, 1.165) is 30.1 Å². The summed E-state index contributed by atoms with van der Waals surface area (Å²) in [7, 11) is 1.55. The van der Waals surface area contributed by atoms with Crippen molar-refractivity contribution in [3.8, 4) is 5.75 Å². The quantitative estimate of drug-likeness (QED) is 0.904. The number of carbonyl (C=O) groups is 1. The second-order valence-electron chi connectivity index (χ2n) is 5.99. The first-order valence-electron chi connectivity index (χ1n) is 8.07. The molecule has 1 amide bonds. The number of hydrogen-bond donors (Lipinski definition) is 1. The second-order valence-corrected chi connectivity index (χ2v) is 5.99. The van der Waals surface area contributed by atoms with E-state index in [1.165, 1.54) is 12.1 Å². The van der Waals surface area contributed by atoms with Crippen molar-refractivity contribution in [2.45, 2.75) is 32.7 Å². The van der Waals surface area contributed by atoms with Gasteiger partial charge in [-0.15, -0.1) is 0 Å². The zero-order valence-electron chi connectivity index (χ0n) is 13.9. The second kappa shape index (κ2) is 6.98. The minimum atomic E-state index is -0.307. The standard InChI is InChI=1S/C17H21FN4O2/c1-11-20-16-6-3-13(10-22(16)21-11)17(23)19-8-7-12-9-14(18)4-5-15(12)24-2/h4-5,9,13H,3,6-8,10H2,1-2H3,(H,19,23). The number of nitrogens with one attached hydrogen (secondary N) is 1. The molecule has 1 unspecified atom stereocenters. The molecule has 24 heavy (non-hydrogen) atoms. The van der Waals surface area contributed by atoms with Crippen molar-refractivity contribution >= 4 is 5.91 Å². The fraction of sp³-hybridized carbons (Fsp3) is 0.471. The average Bonchev–Trinajstić information content (AvgIpc) is 2.94. The van der Waals surface area contributed by atoms with Crippen LogP contribution in [-0.4, -0.2) is 34.3 Å². The van der Waals surface area contributed by atoms with Crippen LogP contribution in [0.15, 0.2) is 18.2 Å². The Morgan fingerprint density at radius 1 is 1.50 bits per heavy atom. The van der Waals surface area contributed by atoms with E-state index in [4.69, 9.17) is 4.74 Å². The zero-order chi connectivity index (χ0) is 17.1. The van der Waals surface area contributed by atoms with Gasteiger partial charge < -0.3 is 10.1 Å². The Morgan fingerprint density at radius 2 is 2.33 bits per heavy atom. The van der Waals surface area contributed by atoms with Gasteiger partial charge in [0.25, 0.3) is 0 Å². The molecule has 0 fully saturated rings. The Hall–Kier alpha value is -2.44. The molecule has 128 valence electrons. The topological polar surface area (TPSA) is 69.0 Å². The molecule has 1 N–H and O–H groups in total. The number of rotatable bonds is 5. The van der Waals surface area contributed by atoms with E-state index in [9.17, 15) is 9.18 Å². The molecule has 0 radical (unpaired) electrons. The van der Waals surface area contributed by atoms with E-state index in [1.54, 1.807) is 13.2 Å². The lowest BCUT2D eigenvalue weighted by Gasteiger charge is -2.21. The van der Waals surface area contributed by atoms with Gasteiger partial charge in [-0.25, -0.2) is 14.1 Å². The maximum atomic E-state index is 13.3. The van der Waals surface area contributed by atoms with Crippen molar-refractivity contribution < 1.29 is 13.9 Å². The lowest BCUT2D eigenvalue weighted by atomic mass is 9.99. The van der Waals surface area contributed by atoms with Crippen molar-refractivity contribution in [3.63, 3.8) is 0 Å². The fourth-order valence-electron chi connectivity index (χ4n) is 3.06. The third kappa shape index (κ3) is 3.55. The Labute approximate surface area is 140 Å². The monoisotopic (exact) mass is 332 g/mol. The molecule has 1 aromatic heterocycles. The van der Waals surface area contributed by atoms with Crippen LogP contribution in [0.5, 0.6) is 5.75 Å². The minimum Gasteiger partial charge on any atom is -0.496 e. The summed E-state index contributed by atoms with van der Waals surface area (Å²) in [5.74, 6) is 1.91. The van der Waals surface area contributed by atoms with Crippen LogP contribution in [0.1, 0.15) is 23.6 Å². The van der Waals surface area contributed by atoms with Crippen LogP contribution >= 0.6 is 0 Å². The summed E-state index contributed by atoms with van der Waals surface area (Å²) >= 11 is 0. The van der Waals surface area contributed by atoms with Crippen molar-refractivity contribution in [3.05, 3.63) is 41.2 Å².